The van der Waals surface area contributed by atoms with Crippen LogP contribution >= 0.6 is 15.9 Å². The third kappa shape index (κ3) is 3.98. The number of halogens is 1. The summed E-state index contributed by atoms with van der Waals surface area (Å²) in [6.07, 6.45) is 3.28. The van der Waals surface area contributed by atoms with Crippen LogP contribution in [0.4, 0.5) is 0 Å². The Balaban J connectivity index is 1.51. The zero-order valence-corrected chi connectivity index (χ0v) is 16.5. The Bertz CT molecular complexity index is 902. The fourth-order valence-corrected chi connectivity index (χ4v) is 3.85. The van der Waals surface area contributed by atoms with Gasteiger partial charge in [-0.3, -0.25) is 4.98 Å². The molecule has 4 rings (SSSR count). The van der Waals surface area contributed by atoms with Gasteiger partial charge in [0.05, 0.1) is 12.1 Å². The molecule has 0 N–H and O–H groups in total. The Kier molecular flexibility index (Phi) is 5.34. The fourth-order valence-electron chi connectivity index (χ4n) is 3.28. The van der Waals surface area contributed by atoms with Crippen LogP contribution in [0.3, 0.4) is 0 Å². The molecular weight excluding hydrogens is 390 g/mol. The summed E-state index contributed by atoms with van der Waals surface area (Å²) in [7, 11) is 0. The summed E-state index contributed by atoms with van der Waals surface area (Å²) in [5.41, 5.74) is 5.56. The Labute approximate surface area is 162 Å². The average molecular weight is 412 g/mol. The standard InChI is InChI=1S/C22H22BrNO2/c1-15-5-8-18-12-19(13-20(23)22(18)24-15)17-9-6-16(7-10-17)14-26-21-4-2-3-11-25-21/h5-10,12-13,21H,2-4,11,14H2,1H3. The van der Waals surface area contributed by atoms with Crippen molar-refractivity contribution in [1.29, 1.82) is 0 Å². The molecule has 4 heteroatoms. The average Bonchev–Trinajstić information content (AvgIpc) is 2.68. The highest BCUT2D eigenvalue weighted by molar-refractivity contribution is 9.10. The van der Waals surface area contributed by atoms with E-state index in [0.717, 1.165) is 40.5 Å². The Hall–Kier alpha value is -1.75. The molecule has 134 valence electrons. The maximum absolute atomic E-state index is 5.86. The number of rotatable bonds is 4. The second kappa shape index (κ2) is 7.87. The highest BCUT2D eigenvalue weighted by atomic mass is 79.9. The maximum atomic E-state index is 5.86. The lowest BCUT2D eigenvalue weighted by molar-refractivity contribution is -0.168. The predicted molar refractivity (Wildman–Crippen MR) is 108 cm³/mol. The third-order valence-corrected chi connectivity index (χ3v) is 5.35. The molecule has 1 atom stereocenters. The van der Waals surface area contributed by atoms with Crippen molar-refractivity contribution in [1.82, 2.24) is 4.98 Å². The van der Waals surface area contributed by atoms with E-state index in [0.29, 0.717) is 6.61 Å². The highest BCUT2D eigenvalue weighted by Gasteiger charge is 2.14. The molecular formula is C22H22BrNO2. The van der Waals surface area contributed by atoms with Crippen molar-refractivity contribution in [3.05, 3.63) is 64.3 Å². The van der Waals surface area contributed by atoms with Gasteiger partial charge in [0.15, 0.2) is 6.29 Å². The normalized spacial score (nSPS) is 17.5. The van der Waals surface area contributed by atoms with Crippen LogP contribution in [-0.2, 0) is 16.1 Å². The van der Waals surface area contributed by atoms with Gasteiger partial charge in [-0.1, -0.05) is 30.3 Å². The maximum Gasteiger partial charge on any atom is 0.158 e. The van der Waals surface area contributed by atoms with Crippen molar-refractivity contribution >= 4 is 26.8 Å². The van der Waals surface area contributed by atoms with Crippen LogP contribution < -0.4 is 0 Å². The summed E-state index contributed by atoms with van der Waals surface area (Å²) >= 11 is 3.67. The van der Waals surface area contributed by atoms with Crippen molar-refractivity contribution < 1.29 is 9.47 Å². The van der Waals surface area contributed by atoms with Crippen molar-refractivity contribution in [2.24, 2.45) is 0 Å². The molecule has 0 amide bonds. The molecule has 1 fully saturated rings. The van der Waals surface area contributed by atoms with E-state index in [4.69, 9.17) is 9.47 Å². The molecule has 0 saturated carbocycles. The number of benzene rings is 2. The summed E-state index contributed by atoms with van der Waals surface area (Å²) in [5, 5.41) is 1.14. The second-order valence-electron chi connectivity index (χ2n) is 6.79. The van der Waals surface area contributed by atoms with Gasteiger partial charge in [-0.05, 0) is 77.0 Å². The minimum Gasteiger partial charge on any atom is -0.353 e. The third-order valence-electron chi connectivity index (χ3n) is 4.75. The van der Waals surface area contributed by atoms with Gasteiger partial charge in [-0.25, -0.2) is 0 Å². The molecule has 2 heterocycles. The lowest BCUT2D eigenvalue weighted by Gasteiger charge is -2.22. The molecule has 1 saturated heterocycles. The first kappa shape index (κ1) is 17.7. The molecule has 1 unspecified atom stereocenters. The monoisotopic (exact) mass is 411 g/mol. The van der Waals surface area contributed by atoms with E-state index in [9.17, 15) is 0 Å². The van der Waals surface area contributed by atoms with E-state index in [-0.39, 0.29) is 6.29 Å². The smallest absolute Gasteiger partial charge is 0.158 e. The molecule has 1 aliphatic rings. The van der Waals surface area contributed by atoms with E-state index >= 15 is 0 Å². The first-order valence-electron chi connectivity index (χ1n) is 9.08. The highest BCUT2D eigenvalue weighted by Crippen LogP contribution is 2.30. The Morgan fingerprint density at radius 1 is 1.08 bits per heavy atom. The predicted octanol–water partition coefficient (Wildman–Crippen LogP) is 6.02. The Morgan fingerprint density at radius 3 is 2.69 bits per heavy atom. The molecule has 0 spiro atoms. The first-order valence-corrected chi connectivity index (χ1v) is 9.88. The molecule has 3 nitrogen and oxygen atoms in total. The van der Waals surface area contributed by atoms with Crippen LogP contribution in [0.1, 0.15) is 30.5 Å². The largest absolute Gasteiger partial charge is 0.353 e. The number of pyridine rings is 1. The summed E-state index contributed by atoms with van der Waals surface area (Å²) in [6.45, 7) is 3.42. The van der Waals surface area contributed by atoms with Crippen LogP contribution in [0.5, 0.6) is 0 Å². The van der Waals surface area contributed by atoms with Crippen LogP contribution in [0.2, 0.25) is 0 Å². The lowest BCUT2D eigenvalue weighted by atomic mass is 10.0. The molecule has 2 aromatic carbocycles. The van der Waals surface area contributed by atoms with Crippen molar-refractivity contribution in [3.63, 3.8) is 0 Å². The van der Waals surface area contributed by atoms with E-state index in [2.05, 4.69) is 63.4 Å². The Morgan fingerprint density at radius 2 is 1.92 bits per heavy atom. The van der Waals surface area contributed by atoms with Gasteiger partial charge in [0.2, 0.25) is 0 Å². The number of hydrogen-bond acceptors (Lipinski definition) is 3. The molecule has 0 bridgehead atoms. The molecule has 0 radical (unpaired) electrons. The van der Waals surface area contributed by atoms with Crippen molar-refractivity contribution in [2.45, 2.75) is 39.1 Å². The van der Waals surface area contributed by atoms with E-state index in [1.807, 2.05) is 13.0 Å². The SMILES string of the molecule is Cc1ccc2cc(-c3ccc(COC4CCCCO4)cc3)cc(Br)c2n1. The van der Waals surface area contributed by atoms with Gasteiger partial charge in [0, 0.05) is 22.2 Å². The minimum atomic E-state index is -0.0455. The number of ether oxygens (including phenoxy) is 2. The molecule has 1 aliphatic heterocycles. The zero-order chi connectivity index (χ0) is 17.9. The van der Waals surface area contributed by atoms with Gasteiger partial charge >= 0.3 is 0 Å². The van der Waals surface area contributed by atoms with Gasteiger partial charge in [0.1, 0.15) is 0 Å². The van der Waals surface area contributed by atoms with Crippen molar-refractivity contribution in [3.8, 4) is 11.1 Å². The number of aromatic nitrogens is 1. The van der Waals surface area contributed by atoms with Gasteiger partial charge in [-0.2, -0.15) is 0 Å². The lowest BCUT2D eigenvalue weighted by Crippen LogP contribution is -2.21. The first-order chi connectivity index (χ1) is 12.7. The number of aryl methyl sites for hydroxylation is 1. The van der Waals surface area contributed by atoms with E-state index < -0.39 is 0 Å². The zero-order valence-electron chi connectivity index (χ0n) is 14.9. The van der Waals surface area contributed by atoms with Crippen LogP contribution in [0.25, 0.3) is 22.0 Å². The van der Waals surface area contributed by atoms with E-state index in [1.165, 1.54) is 23.1 Å². The fraction of sp³-hybridized carbons (Fsp3) is 0.318. The number of hydrogen-bond donors (Lipinski definition) is 0. The van der Waals surface area contributed by atoms with Crippen molar-refractivity contribution in [2.75, 3.05) is 6.61 Å². The summed E-state index contributed by atoms with van der Waals surface area (Å²) in [5.74, 6) is 0. The molecule has 3 aromatic rings. The van der Waals surface area contributed by atoms with Gasteiger partial charge in [0.25, 0.3) is 0 Å². The van der Waals surface area contributed by atoms with Gasteiger partial charge in [-0.15, -0.1) is 0 Å². The van der Waals surface area contributed by atoms with Crippen LogP contribution in [0.15, 0.2) is 53.0 Å². The number of fused-ring (bicyclic) bond motifs is 1. The topological polar surface area (TPSA) is 31.4 Å². The van der Waals surface area contributed by atoms with Crippen LogP contribution in [0, 0.1) is 6.92 Å². The quantitative estimate of drug-likeness (QED) is 0.526. The number of nitrogens with zero attached hydrogens (tertiary/aromatic N) is 1. The van der Waals surface area contributed by atoms with Crippen LogP contribution in [-0.4, -0.2) is 17.9 Å². The van der Waals surface area contributed by atoms with Gasteiger partial charge < -0.3 is 9.47 Å². The summed E-state index contributed by atoms with van der Waals surface area (Å²) in [6, 6.07) is 17.0. The molecule has 0 aliphatic carbocycles. The van der Waals surface area contributed by atoms with E-state index in [1.54, 1.807) is 0 Å². The second-order valence-corrected chi connectivity index (χ2v) is 7.64. The minimum absolute atomic E-state index is 0.0455. The molecule has 26 heavy (non-hydrogen) atoms. The molecule has 1 aromatic heterocycles. The summed E-state index contributed by atoms with van der Waals surface area (Å²) in [4.78, 5) is 4.62. The summed E-state index contributed by atoms with van der Waals surface area (Å²) < 4.78 is 12.5.